The number of methoxy groups -OCH3 is 2. The summed E-state index contributed by atoms with van der Waals surface area (Å²) in [7, 11) is 3.01. The second-order valence-corrected chi connectivity index (χ2v) is 5.03. The summed E-state index contributed by atoms with van der Waals surface area (Å²) in [5.74, 6) is 0.498. The summed E-state index contributed by atoms with van der Waals surface area (Å²) >= 11 is 1.45. The molecular weight excluding hydrogens is 262 g/mol. The molecule has 0 unspecified atom stereocenters. The molecule has 0 aliphatic rings. The molecule has 0 radical (unpaired) electrons. The van der Waals surface area contributed by atoms with Crippen LogP contribution in [0.25, 0.3) is 11.3 Å². The van der Waals surface area contributed by atoms with Gasteiger partial charge in [-0.1, -0.05) is 11.6 Å². The summed E-state index contributed by atoms with van der Waals surface area (Å²) in [5, 5.41) is 2.67. The van der Waals surface area contributed by atoms with Gasteiger partial charge in [0.2, 0.25) is 0 Å². The number of carbonyl (C=O) groups excluding carboxylic acids is 1. The minimum Gasteiger partial charge on any atom is -0.496 e. The molecule has 1 aromatic heterocycles. The molecule has 19 heavy (non-hydrogen) atoms. The van der Waals surface area contributed by atoms with E-state index < -0.39 is 0 Å². The number of aryl methyl sites for hydroxylation is 1. The van der Waals surface area contributed by atoms with Gasteiger partial charge in [-0.25, -0.2) is 4.98 Å². The molecule has 5 heteroatoms. The largest absolute Gasteiger partial charge is 0.496 e. The van der Waals surface area contributed by atoms with E-state index in [1.54, 1.807) is 7.11 Å². The average Bonchev–Trinajstić information content (AvgIpc) is 2.86. The molecule has 0 spiro atoms. The normalized spacial score (nSPS) is 10.3. The first kappa shape index (κ1) is 13.5. The zero-order valence-corrected chi connectivity index (χ0v) is 11.9. The minimum atomic E-state index is -0.280. The van der Waals surface area contributed by atoms with Gasteiger partial charge in [0.15, 0.2) is 0 Å². The van der Waals surface area contributed by atoms with Crippen LogP contribution in [0.5, 0.6) is 5.75 Å². The molecule has 0 amide bonds. The van der Waals surface area contributed by atoms with Gasteiger partial charge in [0, 0.05) is 10.9 Å². The van der Waals surface area contributed by atoms with Gasteiger partial charge in [0.25, 0.3) is 0 Å². The quantitative estimate of drug-likeness (QED) is 0.806. The van der Waals surface area contributed by atoms with Crippen LogP contribution in [0.2, 0.25) is 0 Å². The number of hydrogen-bond donors (Lipinski definition) is 0. The Labute approximate surface area is 116 Å². The summed E-state index contributed by atoms with van der Waals surface area (Å²) < 4.78 is 9.98. The van der Waals surface area contributed by atoms with E-state index in [4.69, 9.17) is 4.74 Å². The Kier molecular flexibility index (Phi) is 4.16. The Hall–Kier alpha value is -1.88. The molecule has 0 saturated carbocycles. The number of thiazole rings is 1. The second-order valence-electron chi connectivity index (χ2n) is 4.08. The molecule has 1 aromatic carbocycles. The minimum absolute atomic E-state index is 0.204. The van der Waals surface area contributed by atoms with Gasteiger partial charge in [-0.15, -0.1) is 11.3 Å². The predicted octanol–water partition coefficient (Wildman–Crippen LogP) is 2.84. The fourth-order valence-corrected chi connectivity index (χ4v) is 2.51. The molecule has 0 aliphatic carbocycles. The third kappa shape index (κ3) is 3.12. The number of esters is 1. The molecule has 2 aromatic rings. The average molecular weight is 277 g/mol. The van der Waals surface area contributed by atoms with E-state index in [-0.39, 0.29) is 12.4 Å². The number of carbonyl (C=O) groups is 1. The van der Waals surface area contributed by atoms with Crippen LogP contribution in [0.4, 0.5) is 0 Å². The van der Waals surface area contributed by atoms with Crippen molar-refractivity contribution in [2.24, 2.45) is 0 Å². The maximum absolute atomic E-state index is 11.2. The van der Waals surface area contributed by atoms with Crippen LogP contribution in [-0.4, -0.2) is 25.2 Å². The zero-order valence-electron chi connectivity index (χ0n) is 11.1. The monoisotopic (exact) mass is 277 g/mol. The van der Waals surface area contributed by atoms with Gasteiger partial charge in [0.05, 0.1) is 26.3 Å². The van der Waals surface area contributed by atoms with Crippen LogP contribution in [-0.2, 0) is 16.0 Å². The van der Waals surface area contributed by atoms with Crippen molar-refractivity contribution in [3.05, 3.63) is 34.2 Å². The Balaban J connectivity index is 2.32. The van der Waals surface area contributed by atoms with E-state index in [1.165, 1.54) is 18.4 Å². The van der Waals surface area contributed by atoms with E-state index in [0.717, 1.165) is 27.6 Å². The van der Waals surface area contributed by atoms with E-state index in [2.05, 4.69) is 9.72 Å². The highest BCUT2D eigenvalue weighted by molar-refractivity contribution is 7.10. The van der Waals surface area contributed by atoms with E-state index in [1.807, 2.05) is 30.5 Å². The molecule has 0 saturated heterocycles. The van der Waals surface area contributed by atoms with Gasteiger partial charge in [-0.05, 0) is 19.1 Å². The number of nitrogens with zero attached hydrogens (tertiary/aromatic N) is 1. The van der Waals surface area contributed by atoms with Crippen LogP contribution < -0.4 is 4.74 Å². The Morgan fingerprint density at radius 3 is 2.84 bits per heavy atom. The lowest BCUT2D eigenvalue weighted by molar-refractivity contribution is -0.139. The van der Waals surface area contributed by atoms with Gasteiger partial charge < -0.3 is 9.47 Å². The predicted molar refractivity (Wildman–Crippen MR) is 74.6 cm³/mol. The highest BCUT2D eigenvalue weighted by atomic mass is 32.1. The molecular formula is C14H15NO3S. The van der Waals surface area contributed by atoms with Crippen molar-refractivity contribution in [1.82, 2.24) is 4.98 Å². The van der Waals surface area contributed by atoms with Crippen LogP contribution in [0.15, 0.2) is 23.6 Å². The van der Waals surface area contributed by atoms with Gasteiger partial charge in [0.1, 0.15) is 10.8 Å². The summed E-state index contributed by atoms with van der Waals surface area (Å²) in [6.45, 7) is 2.02. The number of benzene rings is 1. The van der Waals surface area contributed by atoms with Crippen molar-refractivity contribution in [3.8, 4) is 17.0 Å². The Bertz CT molecular complexity index is 592. The zero-order chi connectivity index (χ0) is 13.8. The number of ether oxygens (including phenoxy) is 2. The van der Waals surface area contributed by atoms with Crippen molar-refractivity contribution >= 4 is 17.3 Å². The van der Waals surface area contributed by atoms with Gasteiger partial charge >= 0.3 is 5.97 Å². The fourth-order valence-electron chi connectivity index (χ4n) is 1.73. The molecule has 1 heterocycles. The second kappa shape index (κ2) is 5.84. The Morgan fingerprint density at radius 2 is 2.16 bits per heavy atom. The Morgan fingerprint density at radius 1 is 1.37 bits per heavy atom. The summed E-state index contributed by atoms with van der Waals surface area (Å²) in [6, 6.07) is 5.93. The smallest absolute Gasteiger partial charge is 0.312 e. The van der Waals surface area contributed by atoms with Crippen LogP contribution in [0.3, 0.4) is 0 Å². The molecule has 0 fully saturated rings. The van der Waals surface area contributed by atoms with Crippen molar-refractivity contribution in [2.75, 3.05) is 14.2 Å². The lowest BCUT2D eigenvalue weighted by Crippen LogP contribution is -2.03. The maximum atomic E-state index is 11.2. The summed E-state index contributed by atoms with van der Waals surface area (Å²) in [6.07, 6.45) is 0.204. The number of hydrogen-bond acceptors (Lipinski definition) is 5. The SMILES string of the molecule is COC(=O)Cc1nc(-c2cc(C)ccc2OC)cs1. The third-order valence-electron chi connectivity index (χ3n) is 2.71. The first-order valence-corrected chi connectivity index (χ1v) is 6.68. The first-order chi connectivity index (χ1) is 9.13. The fraction of sp³-hybridized carbons (Fsp3) is 0.286. The summed E-state index contributed by atoms with van der Waals surface area (Å²) in [5.41, 5.74) is 2.90. The molecule has 100 valence electrons. The number of rotatable bonds is 4. The summed E-state index contributed by atoms with van der Waals surface area (Å²) in [4.78, 5) is 15.7. The molecule has 0 N–H and O–H groups in total. The van der Waals surface area contributed by atoms with E-state index in [0.29, 0.717) is 0 Å². The highest BCUT2D eigenvalue weighted by Crippen LogP contribution is 2.31. The molecule has 0 aliphatic heterocycles. The number of aromatic nitrogens is 1. The van der Waals surface area contributed by atoms with Crippen LogP contribution in [0.1, 0.15) is 10.6 Å². The molecule has 0 atom stereocenters. The molecule has 4 nitrogen and oxygen atoms in total. The van der Waals surface area contributed by atoms with Gasteiger partial charge in [-0.3, -0.25) is 4.79 Å². The van der Waals surface area contributed by atoms with Crippen LogP contribution in [0, 0.1) is 6.92 Å². The molecule has 2 rings (SSSR count). The van der Waals surface area contributed by atoms with Crippen molar-refractivity contribution in [1.29, 1.82) is 0 Å². The lowest BCUT2D eigenvalue weighted by Gasteiger charge is -2.06. The van der Waals surface area contributed by atoms with Crippen molar-refractivity contribution in [2.45, 2.75) is 13.3 Å². The third-order valence-corrected chi connectivity index (χ3v) is 3.55. The highest BCUT2D eigenvalue weighted by Gasteiger charge is 2.12. The van der Waals surface area contributed by atoms with E-state index >= 15 is 0 Å². The topological polar surface area (TPSA) is 48.4 Å². The first-order valence-electron chi connectivity index (χ1n) is 5.80. The van der Waals surface area contributed by atoms with E-state index in [9.17, 15) is 4.79 Å². The standard InChI is InChI=1S/C14H15NO3S/c1-9-4-5-12(17-2)10(6-9)11-8-19-13(15-11)7-14(16)18-3/h4-6,8H,7H2,1-3H3. The van der Waals surface area contributed by atoms with Crippen LogP contribution >= 0.6 is 11.3 Å². The van der Waals surface area contributed by atoms with Crippen molar-refractivity contribution in [3.63, 3.8) is 0 Å². The van der Waals surface area contributed by atoms with Crippen molar-refractivity contribution < 1.29 is 14.3 Å². The lowest BCUT2D eigenvalue weighted by atomic mass is 10.1. The maximum Gasteiger partial charge on any atom is 0.312 e. The molecule has 0 bridgehead atoms. The van der Waals surface area contributed by atoms with Gasteiger partial charge in [-0.2, -0.15) is 0 Å².